The highest BCUT2D eigenvalue weighted by atomic mass is 16.1. The number of aryl methyl sites for hydroxylation is 1. The quantitative estimate of drug-likeness (QED) is 0.659. The molecule has 3 aromatic rings. The number of benzene rings is 2. The van der Waals surface area contributed by atoms with Gasteiger partial charge in [0, 0.05) is 18.7 Å². The molecule has 98 valence electrons. The predicted molar refractivity (Wildman–Crippen MR) is 79.7 cm³/mol. The fourth-order valence-corrected chi connectivity index (χ4v) is 2.21. The molecule has 3 nitrogen and oxygen atoms in total. The summed E-state index contributed by atoms with van der Waals surface area (Å²) in [5.41, 5.74) is 3.00. The van der Waals surface area contributed by atoms with Crippen LogP contribution in [0.3, 0.4) is 0 Å². The van der Waals surface area contributed by atoms with Crippen LogP contribution in [-0.4, -0.2) is 15.8 Å². The number of nitrogens with zero attached hydrogens (tertiary/aromatic N) is 2. The third kappa shape index (κ3) is 2.30. The summed E-state index contributed by atoms with van der Waals surface area (Å²) in [6.45, 7) is 3.55. The molecular formula is C17H14N2O. The number of fused-ring (bicyclic) bond motifs is 1. The van der Waals surface area contributed by atoms with E-state index in [1.165, 1.54) is 17.9 Å². The van der Waals surface area contributed by atoms with Crippen LogP contribution in [0.4, 0.5) is 0 Å². The third-order valence-electron chi connectivity index (χ3n) is 3.26. The first-order valence-corrected chi connectivity index (χ1v) is 6.48. The van der Waals surface area contributed by atoms with Gasteiger partial charge in [-0.05, 0) is 29.8 Å². The Morgan fingerprint density at radius 2 is 1.75 bits per heavy atom. The Balaban J connectivity index is 2.12. The molecule has 3 heteroatoms. The Bertz CT molecular complexity index is 809. The van der Waals surface area contributed by atoms with E-state index >= 15 is 0 Å². The van der Waals surface area contributed by atoms with Gasteiger partial charge >= 0.3 is 0 Å². The predicted octanol–water partition coefficient (Wildman–Crippen LogP) is 3.81. The summed E-state index contributed by atoms with van der Waals surface area (Å²) >= 11 is 0. The molecule has 0 spiro atoms. The lowest BCUT2D eigenvalue weighted by molar-refractivity contribution is 0.100. The SMILES string of the molecule is CC(=O)c1nccc(-c2ccc3cc(C)ccc3c2)n1. The largest absolute Gasteiger partial charge is 0.291 e. The average Bonchev–Trinajstić information content (AvgIpc) is 2.47. The summed E-state index contributed by atoms with van der Waals surface area (Å²) < 4.78 is 0. The van der Waals surface area contributed by atoms with Crippen LogP contribution >= 0.6 is 0 Å². The monoisotopic (exact) mass is 262 g/mol. The van der Waals surface area contributed by atoms with Gasteiger partial charge in [-0.3, -0.25) is 4.79 Å². The summed E-state index contributed by atoms with van der Waals surface area (Å²) in [6, 6.07) is 14.3. The van der Waals surface area contributed by atoms with E-state index in [1.807, 2.05) is 12.1 Å². The number of carbonyl (C=O) groups is 1. The molecule has 0 aliphatic rings. The van der Waals surface area contributed by atoms with Crippen molar-refractivity contribution in [2.24, 2.45) is 0 Å². The lowest BCUT2D eigenvalue weighted by atomic mass is 10.0. The molecular weight excluding hydrogens is 248 g/mol. The normalized spacial score (nSPS) is 10.7. The zero-order valence-electron chi connectivity index (χ0n) is 11.4. The number of carbonyl (C=O) groups excluding carboxylic acids is 1. The summed E-state index contributed by atoms with van der Waals surface area (Å²) in [7, 11) is 0. The number of aromatic nitrogens is 2. The lowest BCUT2D eigenvalue weighted by Gasteiger charge is -2.05. The van der Waals surface area contributed by atoms with Crippen molar-refractivity contribution in [3.63, 3.8) is 0 Å². The van der Waals surface area contributed by atoms with Gasteiger partial charge in [-0.1, -0.05) is 35.9 Å². The van der Waals surface area contributed by atoms with Gasteiger partial charge in [0.1, 0.15) is 0 Å². The van der Waals surface area contributed by atoms with Gasteiger partial charge in [0.2, 0.25) is 0 Å². The molecule has 0 bridgehead atoms. The Labute approximate surface area is 117 Å². The maximum atomic E-state index is 11.4. The fourth-order valence-electron chi connectivity index (χ4n) is 2.21. The second kappa shape index (κ2) is 4.85. The standard InChI is InChI=1S/C17H14N2O/c1-11-3-4-14-10-15(6-5-13(14)9-11)16-7-8-18-17(19-16)12(2)20/h3-10H,1-2H3. The van der Waals surface area contributed by atoms with Gasteiger partial charge in [0.05, 0.1) is 5.69 Å². The number of Topliss-reactive ketones (excluding diaryl/α,β-unsaturated/α-hetero) is 1. The van der Waals surface area contributed by atoms with E-state index in [4.69, 9.17) is 0 Å². The van der Waals surface area contributed by atoms with Crippen LogP contribution in [0, 0.1) is 6.92 Å². The molecule has 20 heavy (non-hydrogen) atoms. The van der Waals surface area contributed by atoms with Crippen LogP contribution in [-0.2, 0) is 0 Å². The Kier molecular flexibility index (Phi) is 3.03. The van der Waals surface area contributed by atoms with E-state index in [9.17, 15) is 4.79 Å². The van der Waals surface area contributed by atoms with Gasteiger partial charge in [-0.25, -0.2) is 9.97 Å². The Hall–Kier alpha value is -2.55. The number of hydrogen-bond acceptors (Lipinski definition) is 3. The minimum Gasteiger partial charge on any atom is -0.291 e. The zero-order chi connectivity index (χ0) is 14.1. The Morgan fingerprint density at radius 1 is 1.00 bits per heavy atom. The highest BCUT2D eigenvalue weighted by Gasteiger charge is 2.06. The van der Waals surface area contributed by atoms with E-state index in [-0.39, 0.29) is 11.6 Å². The Morgan fingerprint density at radius 3 is 2.55 bits per heavy atom. The van der Waals surface area contributed by atoms with Crippen molar-refractivity contribution < 1.29 is 4.79 Å². The third-order valence-corrected chi connectivity index (χ3v) is 3.26. The maximum Gasteiger partial charge on any atom is 0.196 e. The van der Waals surface area contributed by atoms with Crippen molar-refractivity contribution in [1.29, 1.82) is 0 Å². The minimum absolute atomic E-state index is 0.122. The minimum atomic E-state index is -0.122. The van der Waals surface area contributed by atoms with Crippen LogP contribution in [0.1, 0.15) is 23.1 Å². The molecule has 3 rings (SSSR count). The van der Waals surface area contributed by atoms with E-state index in [0.717, 1.165) is 16.6 Å². The summed E-state index contributed by atoms with van der Waals surface area (Å²) in [4.78, 5) is 19.6. The number of hydrogen-bond donors (Lipinski definition) is 0. The summed E-state index contributed by atoms with van der Waals surface area (Å²) in [5.74, 6) is 0.134. The average molecular weight is 262 g/mol. The van der Waals surface area contributed by atoms with Crippen LogP contribution in [0.25, 0.3) is 22.0 Å². The first kappa shape index (κ1) is 12.5. The van der Waals surface area contributed by atoms with Gasteiger partial charge < -0.3 is 0 Å². The van der Waals surface area contributed by atoms with Crippen LogP contribution in [0.5, 0.6) is 0 Å². The molecule has 0 unspecified atom stereocenters. The molecule has 0 saturated heterocycles. The highest BCUT2D eigenvalue weighted by molar-refractivity contribution is 5.91. The van der Waals surface area contributed by atoms with Crippen molar-refractivity contribution in [2.45, 2.75) is 13.8 Å². The fraction of sp³-hybridized carbons (Fsp3) is 0.118. The van der Waals surface area contributed by atoms with E-state index < -0.39 is 0 Å². The number of ketones is 1. The van der Waals surface area contributed by atoms with Crippen molar-refractivity contribution in [3.05, 3.63) is 60.0 Å². The second-order valence-electron chi connectivity index (χ2n) is 4.89. The molecule has 0 aliphatic carbocycles. The first-order chi connectivity index (χ1) is 9.63. The molecule has 0 atom stereocenters. The topological polar surface area (TPSA) is 42.9 Å². The zero-order valence-corrected chi connectivity index (χ0v) is 11.4. The summed E-state index contributed by atoms with van der Waals surface area (Å²) in [5, 5.41) is 2.37. The van der Waals surface area contributed by atoms with Crippen molar-refractivity contribution in [1.82, 2.24) is 9.97 Å². The van der Waals surface area contributed by atoms with E-state index in [1.54, 1.807) is 6.20 Å². The van der Waals surface area contributed by atoms with E-state index in [2.05, 4.69) is 47.2 Å². The second-order valence-corrected chi connectivity index (χ2v) is 4.89. The highest BCUT2D eigenvalue weighted by Crippen LogP contribution is 2.23. The van der Waals surface area contributed by atoms with Crippen molar-refractivity contribution >= 4 is 16.6 Å². The van der Waals surface area contributed by atoms with Gasteiger partial charge in [-0.2, -0.15) is 0 Å². The van der Waals surface area contributed by atoms with Crippen LogP contribution < -0.4 is 0 Å². The van der Waals surface area contributed by atoms with Crippen molar-refractivity contribution in [3.8, 4) is 11.3 Å². The molecule has 0 aliphatic heterocycles. The molecule has 0 amide bonds. The molecule has 0 radical (unpaired) electrons. The summed E-state index contributed by atoms with van der Waals surface area (Å²) in [6.07, 6.45) is 1.62. The van der Waals surface area contributed by atoms with Gasteiger partial charge in [0.25, 0.3) is 0 Å². The van der Waals surface area contributed by atoms with Crippen LogP contribution in [0.15, 0.2) is 48.7 Å². The number of rotatable bonds is 2. The molecule has 0 saturated carbocycles. The lowest BCUT2D eigenvalue weighted by Crippen LogP contribution is -2.01. The molecule has 0 N–H and O–H groups in total. The molecule has 2 aromatic carbocycles. The smallest absolute Gasteiger partial charge is 0.196 e. The first-order valence-electron chi connectivity index (χ1n) is 6.48. The molecule has 0 fully saturated rings. The van der Waals surface area contributed by atoms with Gasteiger partial charge in [0.15, 0.2) is 11.6 Å². The van der Waals surface area contributed by atoms with Crippen molar-refractivity contribution in [2.75, 3.05) is 0 Å². The molecule has 1 aromatic heterocycles. The molecule has 1 heterocycles. The maximum absolute atomic E-state index is 11.4. The van der Waals surface area contributed by atoms with E-state index in [0.29, 0.717) is 0 Å². The van der Waals surface area contributed by atoms with Crippen LogP contribution in [0.2, 0.25) is 0 Å². The van der Waals surface area contributed by atoms with Gasteiger partial charge in [-0.15, -0.1) is 0 Å².